The van der Waals surface area contributed by atoms with Crippen molar-refractivity contribution >= 4 is 0 Å². The van der Waals surface area contributed by atoms with Crippen LogP contribution in [0.15, 0.2) is 48.5 Å². The van der Waals surface area contributed by atoms with Crippen LogP contribution in [0, 0.1) is 11.8 Å². The van der Waals surface area contributed by atoms with Gasteiger partial charge in [0.05, 0.1) is 13.2 Å². The van der Waals surface area contributed by atoms with Crippen molar-refractivity contribution in [2.45, 2.75) is 70.3 Å². The van der Waals surface area contributed by atoms with E-state index in [2.05, 4.69) is 30.9 Å². The van der Waals surface area contributed by atoms with Crippen molar-refractivity contribution in [3.63, 3.8) is 0 Å². The molecule has 2 aromatic rings. The van der Waals surface area contributed by atoms with Crippen LogP contribution in [0.2, 0.25) is 0 Å². The van der Waals surface area contributed by atoms with Gasteiger partial charge in [-0.1, -0.05) is 68.5 Å². The molecule has 0 amide bonds. The smallest absolute Gasteiger partial charge is 0.126 e. The van der Waals surface area contributed by atoms with Crippen LogP contribution in [0.5, 0.6) is 11.5 Å². The molecule has 3 rings (SSSR count). The minimum atomic E-state index is -1.05. The Morgan fingerprint density at radius 2 is 1.36 bits per heavy atom. The second-order valence-electron chi connectivity index (χ2n) is 8.67. The summed E-state index contributed by atoms with van der Waals surface area (Å²) < 4.78 is 17.6. The average Bonchev–Trinajstić information content (AvgIpc) is 2.84. The molecule has 1 aliphatic heterocycles. The molecular weight excluding hydrogens is 412 g/mol. The summed E-state index contributed by atoms with van der Waals surface area (Å²) in [6.45, 7) is 4.19. The van der Waals surface area contributed by atoms with Crippen molar-refractivity contribution in [2.75, 3.05) is 26.4 Å². The maximum absolute atomic E-state index is 11.6. The van der Waals surface area contributed by atoms with Gasteiger partial charge in [-0.15, -0.1) is 5.92 Å². The van der Waals surface area contributed by atoms with Crippen molar-refractivity contribution < 1.29 is 19.3 Å². The van der Waals surface area contributed by atoms with Crippen LogP contribution in [-0.2, 0) is 17.6 Å². The quantitative estimate of drug-likeness (QED) is 0.476. The average molecular weight is 451 g/mol. The van der Waals surface area contributed by atoms with Gasteiger partial charge in [-0.25, -0.2) is 0 Å². The number of para-hydroxylation sites is 2. The zero-order chi connectivity index (χ0) is 23.2. The number of aryl methyl sites for hydroxylation is 2. The van der Waals surface area contributed by atoms with Crippen LogP contribution in [-0.4, -0.2) is 37.1 Å². The lowest BCUT2D eigenvalue weighted by Crippen LogP contribution is -2.28. The molecule has 0 spiro atoms. The molecular formula is C29H38O4. The van der Waals surface area contributed by atoms with Gasteiger partial charge in [0.15, 0.2) is 0 Å². The van der Waals surface area contributed by atoms with E-state index in [1.807, 2.05) is 36.4 Å². The van der Waals surface area contributed by atoms with E-state index < -0.39 is 5.60 Å². The molecule has 0 bridgehead atoms. The van der Waals surface area contributed by atoms with Crippen LogP contribution in [0.3, 0.4) is 0 Å². The summed E-state index contributed by atoms with van der Waals surface area (Å²) in [7, 11) is 0. The molecule has 2 aromatic carbocycles. The summed E-state index contributed by atoms with van der Waals surface area (Å²) in [5, 5.41) is 11.6. The predicted octanol–water partition coefficient (Wildman–Crippen LogP) is 5.74. The van der Waals surface area contributed by atoms with Gasteiger partial charge in [0, 0.05) is 6.42 Å². The van der Waals surface area contributed by atoms with Crippen molar-refractivity contribution in [3.05, 3.63) is 59.7 Å². The molecule has 0 fully saturated rings. The van der Waals surface area contributed by atoms with Gasteiger partial charge in [-0.2, -0.15) is 0 Å². The molecule has 0 atom stereocenters. The van der Waals surface area contributed by atoms with E-state index in [0.717, 1.165) is 35.5 Å². The van der Waals surface area contributed by atoms with Gasteiger partial charge in [0.1, 0.15) is 30.3 Å². The molecule has 33 heavy (non-hydrogen) atoms. The Labute approximate surface area is 199 Å². The van der Waals surface area contributed by atoms with Gasteiger partial charge < -0.3 is 19.3 Å². The lowest BCUT2D eigenvalue weighted by molar-refractivity contribution is 0.0726. The van der Waals surface area contributed by atoms with E-state index in [1.54, 1.807) is 0 Å². The molecule has 0 saturated heterocycles. The molecule has 178 valence electrons. The first kappa shape index (κ1) is 25.1. The Balaban J connectivity index is 1.77. The normalized spacial score (nSPS) is 16.8. The summed E-state index contributed by atoms with van der Waals surface area (Å²) in [5.74, 6) is 8.22. The third kappa shape index (κ3) is 8.76. The first-order valence-electron chi connectivity index (χ1n) is 12.4. The second-order valence-corrected chi connectivity index (χ2v) is 8.67. The fourth-order valence-electron chi connectivity index (χ4n) is 4.03. The Morgan fingerprint density at radius 3 is 1.94 bits per heavy atom. The molecule has 0 radical (unpaired) electrons. The van der Waals surface area contributed by atoms with E-state index in [-0.39, 0.29) is 0 Å². The third-order valence-electron chi connectivity index (χ3n) is 6.01. The number of fused-ring (bicyclic) bond motifs is 2. The van der Waals surface area contributed by atoms with Crippen LogP contribution in [0.4, 0.5) is 0 Å². The SMILES string of the molecule is CCCCCCC#CC1(O)CCc2ccccc2OCCOCCOc2ccccc2CC1. The topological polar surface area (TPSA) is 47.9 Å². The maximum Gasteiger partial charge on any atom is 0.126 e. The molecule has 1 heterocycles. The van der Waals surface area contributed by atoms with Crippen molar-refractivity contribution in [1.29, 1.82) is 0 Å². The fraction of sp³-hybridized carbons (Fsp3) is 0.517. The standard InChI is InChI=1S/C29H38O4/c1-2-3-4-5-6-11-18-29(30)19-16-25-12-7-9-14-27(25)32-23-21-31-22-24-33-28-15-10-8-13-26(28)17-20-29/h7-10,12-15,30H,2-6,16-17,19-24H2,1H3. The number of hydrogen-bond acceptors (Lipinski definition) is 4. The molecule has 4 nitrogen and oxygen atoms in total. The van der Waals surface area contributed by atoms with Gasteiger partial charge >= 0.3 is 0 Å². The Bertz CT molecular complexity index is 840. The first-order chi connectivity index (χ1) is 16.2. The summed E-state index contributed by atoms with van der Waals surface area (Å²) in [4.78, 5) is 0. The zero-order valence-corrected chi connectivity index (χ0v) is 20.0. The molecule has 0 aliphatic carbocycles. The van der Waals surface area contributed by atoms with Crippen molar-refractivity contribution in [2.24, 2.45) is 0 Å². The highest BCUT2D eigenvalue weighted by atomic mass is 16.5. The molecule has 0 unspecified atom stereocenters. The molecule has 0 saturated carbocycles. The van der Waals surface area contributed by atoms with Crippen LogP contribution >= 0.6 is 0 Å². The number of hydrogen-bond donors (Lipinski definition) is 1. The Morgan fingerprint density at radius 1 is 0.788 bits per heavy atom. The number of rotatable bonds is 4. The summed E-state index contributed by atoms with van der Waals surface area (Å²) in [6.07, 6.45) is 8.11. The zero-order valence-electron chi connectivity index (χ0n) is 20.0. The van der Waals surface area contributed by atoms with Gasteiger partial charge in [0.25, 0.3) is 0 Å². The molecule has 0 aromatic heterocycles. The molecule has 1 aliphatic rings. The summed E-state index contributed by atoms with van der Waals surface area (Å²) >= 11 is 0. The Hall–Kier alpha value is -2.48. The number of aliphatic hydroxyl groups is 1. The monoisotopic (exact) mass is 450 g/mol. The highest BCUT2D eigenvalue weighted by Gasteiger charge is 2.25. The minimum absolute atomic E-state index is 0.482. The highest BCUT2D eigenvalue weighted by molar-refractivity contribution is 5.35. The highest BCUT2D eigenvalue weighted by Crippen LogP contribution is 2.28. The van der Waals surface area contributed by atoms with Crippen LogP contribution in [0.1, 0.15) is 63.0 Å². The van der Waals surface area contributed by atoms with E-state index in [1.165, 1.54) is 19.3 Å². The summed E-state index contributed by atoms with van der Waals surface area (Å²) in [6, 6.07) is 16.1. The van der Waals surface area contributed by atoms with Gasteiger partial charge in [-0.05, 0) is 55.4 Å². The van der Waals surface area contributed by atoms with Gasteiger partial charge in [0.2, 0.25) is 0 Å². The van der Waals surface area contributed by atoms with E-state index >= 15 is 0 Å². The maximum atomic E-state index is 11.6. The summed E-state index contributed by atoms with van der Waals surface area (Å²) in [5.41, 5.74) is 1.14. The van der Waals surface area contributed by atoms with Crippen LogP contribution < -0.4 is 9.47 Å². The largest absolute Gasteiger partial charge is 0.491 e. The van der Waals surface area contributed by atoms with Crippen molar-refractivity contribution in [3.8, 4) is 23.3 Å². The third-order valence-corrected chi connectivity index (χ3v) is 6.01. The number of ether oxygens (including phenoxy) is 3. The molecule has 4 heteroatoms. The van der Waals surface area contributed by atoms with E-state index in [0.29, 0.717) is 52.1 Å². The lowest BCUT2D eigenvalue weighted by Gasteiger charge is -2.24. The fourth-order valence-corrected chi connectivity index (χ4v) is 4.03. The first-order valence-corrected chi connectivity index (χ1v) is 12.4. The van der Waals surface area contributed by atoms with E-state index in [9.17, 15) is 5.11 Å². The van der Waals surface area contributed by atoms with Gasteiger partial charge in [-0.3, -0.25) is 0 Å². The van der Waals surface area contributed by atoms with Crippen LogP contribution in [0.25, 0.3) is 0 Å². The molecule has 1 N–H and O–H groups in total. The number of unbranched alkanes of at least 4 members (excludes halogenated alkanes) is 4. The minimum Gasteiger partial charge on any atom is -0.491 e. The second kappa shape index (κ2) is 13.9. The van der Waals surface area contributed by atoms with E-state index in [4.69, 9.17) is 14.2 Å². The lowest BCUT2D eigenvalue weighted by atomic mass is 9.88. The number of benzene rings is 2. The predicted molar refractivity (Wildman–Crippen MR) is 133 cm³/mol. The Kier molecular flexibility index (Phi) is 10.6. The van der Waals surface area contributed by atoms with Crippen molar-refractivity contribution in [1.82, 2.24) is 0 Å².